The van der Waals surface area contributed by atoms with Gasteiger partial charge in [-0.25, -0.2) is 0 Å². The average molecular weight is 316 g/mol. The normalized spacial score (nSPS) is 16.2. The van der Waals surface area contributed by atoms with Gasteiger partial charge in [0.25, 0.3) is 5.91 Å². The molecule has 1 aliphatic heterocycles. The molecular formula is C13H15Cl2N3O2. The third-order valence-electron chi connectivity index (χ3n) is 3.15. The van der Waals surface area contributed by atoms with Crippen LogP contribution in [0.3, 0.4) is 0 Å². The quantitative estimate of drug-likeness (QED) is 0.912. The second-order valence-corrected chi connectivity index (χ2v) is 5.57. The molecule has 1 heterocycles. The van der Waals surface area contributed by atoms with Crippen molar-refractivity contribution in [2.45, 2.75) is 0 Å². The molecule has 0 radical (unpaired) electrons. The van der Waals surface area contributed by atoms with Crippen LogP contribution in [0.1, 0.15) is 10.4 Å². The Labute approximate surface area is 127 Å². The highest BCUT2D eigenvalue weighted by Gasteiger charge is 2.23. The molecule has 0 aromatic heterocycles. The number of benzene rings is 1. The zero-order chi connectivity index (χ0) is 14.7. The number of rotatable bonds is 3. The second kappa shape index (κ2) is 6.43. The lowest BCUT2D eigenvalue weighted by Gasteiger charge is -2.34. The summed E-state index contributed by atoms with van der Waals surface area (Å²) < 4.78 is 0. The number of hydrogen-bond acceptors (Lipinski definition) is 3. The molecule has 0 atom stereocenters. The van der Waals surface area contributed by atoms with Crippen LogP contribution < -0.4 is 5.73 Å². The maximum atomic E-state index is 12.3. The number of piperazine rings is 1. The van der Waals surface area contributed by atoms with E-state index in [0.717, 1.165) is 0 Å². The van der Waals surface area contributed by atoms with Crippen molar-refractivity contribution in [1.29, 1.82) is 0 Å². The predicted octanol–water partition coefficient (Wildman–Crippen LogP) is 1.24. The van der Waals surface area contributed by atoms with E-state index < -0.39 is 0 Å². The van der Waals surface area contributed by atoms with Crippen LogP contribution in [0, 0.1) is 0 Å². The van der Waals surface area contributed by atoms with Gasteiger partial charge >= 0.3 is 0 Å². The molecule has 7 heteroatoms. The highest BCUT2D eigenvalue weighted by molar-refractivity contribution is 6.35. The lowest BCUT2D eigenvalue weighted by Crippen LogP contribution is -2.50. The number of hydrogen-bond donors (Lipinski definition) is 1. The molecule has 0 bridgehead atoms. The molecule has 0 saturated carbocycles. The largest absolute Gasteiger partial charge is 0.369 e. The van der Waals surface area contributed by atoms with Gasteiger partial charge in [-0.2, -0.15) is 0 Å². The number of carbonyl (C=O) groups excluding carboxylic acids is 2. The van der Waals surface area contributed by atoms with Crippen molar-refractivity contribution >= 4 is 35.0 Å². The standard InChI is InChI=1S/C13H15Cl2N3O2/c14-10-5-9(6-11(15)7-10)13(20)18-3-1-17(2-4-18)8-12(16)19/h5-7H,1-4,8H2,(H2,16,19). The first-order valence-electron chi connectivity index (χ1n) is 6.22. The number of carbonyl (C=O) groups is 2. The fourth-order valence-electron chi connectivity index (χ4n) is 2.19. The third kappa shape index (κ3) is 3.85. The van der Waals surface area contributed by atoms with Crippen molar-refractivity contribution in [3.05, 3.63) is 33.8 Å². The van der Waals surface area contributed by atoms with Crippen molar-refractivity contribution < 1.29 is 9.59 Å². The molecule has 2 rings (SSSR count). The second-order valence-electron chi connectivity index (χ2n) is 4.69. The van der Waals surface area contributed by atoms with Gasteiger partial charge in [0.2, 0.25) is 5.91 Å². The Morgan fingerprint density at radius 1 is 1.05 bits per heavy atom. The Kier molecular flexibility index (Phi) is 4.86. The van der Waals surface area contributed by atoms with E-state index in [1.165, 1.54) is 0 Å². The van der Waals surface area contributed by atoms with Crippen molar-refractivity contribution in [2.24, 2.45) is 5.73 Å². The highest BCUT2D eigenvalue weighted by atomic mass is 35.5. The number of nitrogens with two attached hydrogens (primary N) is 1. The van der Waals surface area contributed by atoms with Crippen LogP contribution in [-0.4, -0.2) is 54.3 Å². The number of amides is 2. The van der Waals surface area contributed by atoms with E-state index in [0.29, 0.717) is 41.8 Å². The monoisotopic (exact) mass is 315 g/mol. The smallest absolute Gasteiger partial charge is 0.254 e. The molecule has 1 saturated heterocycles. The Morgan fingerprint density at radius 3 is 2.10 bits per heavy atom. The van der Waals surface area contributed by atoms with Crippen molar-refractivity contribution in [2.75, 3.05) is 32.7 Å². The Morgan fingerprint density at radius 2 is 1.60 bits per heavy atom. The van der Waals surface area contributed by atoms with Gasteiger partial charge in [-0.1, -0.05) is 23.2 Å². The molecule has 5 nitrogen and oxygen atoms in total. The van der Waals surface area contributed by atoms with Crippen LogP contribution in [0.2, 0.25) is 10.0 Å². The SMILES string of the molecule is NC(=O)CN1CCN(C(=O)c2cc(Cl)cc(Cl)c2)CC1. The fraction of sp³-hybridized carbons (Fsp3) is 0.385. The van der Waals surface area contributed by atoms with Gasteiger partial charge in [0, 0.05) is 41.8 Å². The van der Waals surface area contributed by atoms with Crippen LogP contribution in [0.5, 0.6) is 0 Å². The van der Waals surface area contributed by atoms with Crippen molar-refractivity contribution in [3.63, 3.8) is 0 Å². The molecule has 0 unspecified atom stereocenters. The molecule has 20 heavy (non-hydrogen) atoms. The summed E-state index contributed by atoms with van der Waals surface area (Å²) in [6.07, 6.45) is 0. The van der Waals surface area contributed by atoms with Crippen LogP contribution in [0.25, 0.3) is 0 Å². The minimum absolute atomic E-state index is 0.104. The van der Waals surface area contributed by atoms with Crippen LogP contribution in [-0.2, 0) is 4.79 Å². The Hall–Kier alpha value is -1.30. The fourth-order valence-corrected chi connectivity index (χ4v) is 2.72. The van der Waals surface area contributed by atoms with E-state index in [1.54, 1.807) is 23.1 Å². The van der Waals surface area contributed by atoms with Crippen LogP contribution >= 0.6 is 23.2 Å². The molecule has 1 aromatic rings. The van der Waals surface area contributed by atoms with Crippen LogP contribution in [0.15, 0.2) is 18.2 Å². The van der Waals surface area contributed by atoms with Crippen LogP contribution in [0.4, 0.5) is 0 Å². The van der Waals surface area contributed by atoms with E-state index in [9.17, 15) is 9.59 Å². The lowest BCUT2D eigenvalue weighted by molar-refractivity contribution is -0.119. The molecule has 1 aromatic carbocycles. The van der Waals surface area contributed by atoms with Gasteiger partial charge in [0.1, 0.15) is 0 Å². The maximum absolute atomic E-state index is 12.3. The summed E-state index contributed by atoms with van der Waals surface area (Å²) in [6, 6.07) is 4.79. The number of nitrogens with zero attached hydrogens (tertiary/aromatic N) is 2. The summed E-state index contributed by atoms with van der Waals surface area (Å²) in [4.78, 5) is 26.8. The van der Waals surface area contributed by atoms with E-state index in [-0.39, 0.29) is 18.4 Å². The maximum Gasteiger partial charge on any atom is 0.254 e. The summed E-state index contributed by atoms with van der Waals surface area (Å²) in [5.41, 5.74) is 5.63. The van der Waals surface area contributed by atoms with Crippen molar-refractivity contribution in [1.82, 2.24) is 9.80 Å². The number of halogens is 2. The Bertz CT molecular complexity index is 508. The average Bonchev–Trinajstić information content (AvgIpc) is 2.37. The van der Waals surface area contributed by atoms with Gasteiger partial charge in [-0.15, -0.1) is 0 Å². The summed E-state index contributed by atoms with van der Waals surface area (Å²) in [6.45, 7) is 2.59. The zero-order valence-electron chi connectivity index (χ0n) is 10.8. The van der Waals surface area contributed by atoms with E-state index in [4.69, 9.17) is 28.9 Å². The molecule has 2 N–H and O–H groups in total. The summed E-state index contributed by atoms with van der Waals surface area (Å²) in [7, 11) is 0. The van der Waals surface area contributed by atoms with Gasteiger partial charge in [-0.05, 0) is 18.2 Å². The molecule has 108 valence electrons. The minimum Gasteiger partial charge on any atom is -0.369 e. The first-order valence-corrected chi connectivity index (χ1v) is 6.97. The first kappa shape index (κ1) is 15.1. The van der Waals surface area contributed by atoms with Gasteiger partial charge in [-0.3, -0.25) is 14.5 Å². The predicted molar refractivity (Wildman–Crippen MR) is 78.0 cm³/mol. The van der Waals surface area contributed by atoms with E-state index in [1.807, 2.05) is 4.90 Å². The lowest BCUT2D eigenvalue weighted by atomic mass is 10.2. The minimum atomic E-state index is -0.355. The molecular weight excluding hydrogens is 301 g/mol. The Balaban J connectivity index is 1.99. The highest BCUT2D eigenvalue weighted by Crippen LogP contribution is 2.20. The summed E-state index contributed by atoms with van der Waals surface area (Å²) >= 11 is 11.8. The molecule has 1 fully saturated rings. The number of primary amides is 1. The van der Waals surface area contributed by atoms with Gasteiger partial charge < -0.3 is 10.6 Å². The molecule has 1 aliphatic rings. The molecule has 2 amide bonds. The first-order chi connectivity index (χ1) is 9.45. The third-order valence-corrected chi connectivity index (χ3v) is 3.58. The molecule has 0 spiro atoms. The van der Waals surface area contributed by atoms with E-state index >= 15 is 0 Å². The van der Waals surface area contributed by atoms with Crippen molar-refractivity contribution in [3.8, 4) is 0 Å². The van der Waals surface area contributed by atoms with Gasteiger partial charge in [0.15, 0.2) is 0 Å². The topological polar surface area (TPSA) is 66.6 Å². The summed E-state index contributed by atoms with van der Waals surface area (Å²) in [5, 5.41) is 0.876. The summed E-state index contributed by atoms with van der Waals surface area (Å²) in [5.74, 6) is -0.459. The van der Waals surface area contributed by atoms with E-state index in [2.05, 4.69) is 0 Å². The molecule has 0 aliphatic carbocycles. The zero-order valence-corrected chi connectivity index (χ0v) is 12.3. The van der Waals surface area contributed by atoms with Gasteiger partial charge in [0.05, 0.1) is 6.54 Å².